The van der Waals surface area contributed by atoms with Crippen LogP contribution in [0.5, 0.6) is 0 Å². The molecule has 6 aromatic rings. The molecule has 0 radical (unpaired) electrons. The minimum absolute atomic E-state index is 0.0262. The highest BCUT2D eigenvalue weighted by Crippen LogP contribution is 2.32. The van der Waals surface area contributed by atoms with Crippen LogP contribution in [0.4, 0.5) is 0 Å². The molecule has 0 heterocycles. The molecule has 0 saturated carbocycles. The minimum atomic E-state index is -1.38. The summed E-state index contributed by atoms with van der Waals surface area (Å²) in [6.07, 6.45) is -0.650. The molecule has 0 fully saturated rings. The highest BCUT2D eigenvalue weighted by Gasteiger charge is 2.42. The van der Waals surface area contributed by atoms with Crippen LogP contribution in [-0.2, 0) is 20.0 Å². The number of carbonyl (C=O) groups excluding carboxylic acids is 2. The molecule has 0 N–H and O–H groups in total. The second-order valence-corrected chi connectivity index (χ2v) is 11.8. The van der Waals surface area contributed by atoms with Gasteiger partial charge >= 0.3 is 0 Å². The van der Waals surface area contributed by atoms with E-state index >= 15 is 0 Å². The van der Waals surface area contributed by atoms with Crippen LogP contribution in [-0.4, -0.2) is 31.4 Å². The molecule has 0 amide bonds. The first-order chi connectivity index (χ1) is 25.1. The first kappa shape index (κ1) is 36.8. The minimum Gasteiger partial charge on any atom is -0.364 e. The number of hydrogen-bond donors (Lipinski definition) is 0. The fourth-order valence-electron chi connectivity index (χ4n) is 5.97. The van der Waals surface area contributed by atoms with Gasteiger partial charge in [0.1, 0.15) is 6.10 Å². The number of hydrogen-bond acceptors (Lipinski definition) is 5. The van der Waals surface area contributed by atoms with Crippen molar-refractivity contribution in [2.75, 3.05) is 19.8 Å². The Kier molecular flexibility index (Phi) is 13.8. The Balaban J connectivity index is 0.000000211. The van der Waals surface area contributed by atoms with Gasteiger partial charge in [0.15, 0.2) is 5.78 Å². The van der Waals surface area contributed by atoms with Crippen molar-refractivity contribution in [2.45, 2.75) is 31.7 Å². The molecule has 51 heavy (non-hydrogen) atoms. The summed E-state index contributed by atoms with van der Waals surface area (Å²) in [5.74, 6) is -1.55. The van der Waals surface area contributed by atoms with E-state index in [4.69, 9.17) is 14.2 Å². The summed E-state index contributed by atoms with van der Waals surface area (Å²) in [7, 11) is 0. The molecule has 0 aromatic heterocycles. The zero-order valence-corrected chi connectivity index (χ0v) is 29.1. The summed E-state index contributed by atoms with van der Waals surface area (Å²) in [6, 6.07) is 58.1. The van der Waals surface area contributed by atoms with E-state index in [1.54, 1.807) is 12.1 Å². The lowest BCUT2D eigenvalue weighted by Crippen LogP contribution is -2.42. The molecule has 0 spiro atoms. The van der Waals surface area contributed by atoms with Crippen LogP contribution < -0.4 is 0 Å². The van der Waals surface area contributed by atoms with Crippen molar-refractivity contribution in [1.29, 1.82) is 0 Å². The average Bonchev–Trinajstić information content (AvgIpc) is 3.21. The van der Waals surface area contributed by atoms with Crippen molar-refractivity contribution in [3.05, 3.63) is 215 Å². The number of rotatable bonds is 15. The Hall–Kier alpha value is -5.46. The standard InChI is InChI=1S/C28H24O2.C18H20O3/c29-27(24-17-9-3-10-18-24)28(25-19-11-4-12-20-25)30-21-26(22-13-5-1-6-14-22)23-15-7-2-8-16-23;1-3-20-18(21-4-2,16-13-9-6-10-14-16)17(19)15-11-7-5-8-12-15/h1-20,26,28H,21H2;5-14H,3-4H2,1-2H3. The summed E-state index contributed by atoms with van der Waals surface area (Å²) >= 11 is 0. The van der Waals surface area contributed by atoms with Crippen LogP contribution in [0.2, 0.25) is 0 Å². The summed E-state index contributed by atoms with van der Waals surface area (Å²) in [6.45, 7) is 4.89. The molecule has 0 aliphatic heterocycles. The highest BCUT2D eigenvalue weighted by molar-refractivity contribution is 6.02. The zero-order chi connectivity index (χ0) is 35.7. The van der Waals surface area contributed by atoms with Crippen molar-refractivity contribution in [1.82, 2.24) is 0 Å². The third kappa shape index (κ3) is 9.62. The van der Waals surface area contributed by atoms with E-state index in [9.17, 15) is 9.59 Å². The van der Waals surface area contributed by atoms with E-state index in [-0.39, 0.29) is 17.5 Å². The second-order valence-electron chi connectivity index (χ2n) is 11.8. The Labute approximate surface area is 301 Å². The number of benzene rings is 6. The summed E-state index contributed by atoms with van der Waals surface area (Å²) in [5.41, 5.74) is 5.14. The molecule has 1 unspecified atom stereocenters. The van der Waals surface area contributed by atoms with E-state index in [0.29, 0.717) is 36.5 Å². The molecular formula is C46H44O5. The topological polar surface area (TPSA) is 61.8 Å². The van der Waals surface area contributed by atoms with Gasteiger partial charge in [-0.1, -0.05) is 182 Å². The zero-order valence-electron chi connectivity index (χ0n) is 29.1. The molecule has 5 nitrogen and oxygen atoms in total. The smallest absolute Gasteiger partial charge is 0.261 e. The largest absolute Gasteiger partial charge is 0.364 e. The Morgan fingerprint density at radius 1 is 0.490 bits per heavy atom. The molecule has 6 aromatic carbocycles. The lowest BCUT2D eigenvalue weighted by Gasteiger charge is -2.32. The quantitative estimate of drug-likeness (QED) is 0.0800. The Morgan fingerprint density at radius 2 is 0.863 bits per heavy atom. The predicted octanol–water partition coefficient (Wildman–Crippen LogP) is 10.3. The molecule has 0 bridgehead atoms. The van der Waals surface area contributed by atoms with Crippen molar-refractivity contribution >= 4 is 11.6 Å². The summed E-state index contributed by atoms with van der Waals surface area (Å²) < 4.78 is 18.0. The number of ketones is 2. The van der Waals surface area contributed by atoms with Crippen LogP contribution in [0.25, 0.3) is 0 Å². The molecule has 258 valence electrons. The van der Waals surface area contributed by atoms with Crippen molar-refractivity contribution in [2.24, 2.45) is 0 Å². The van der Waals surface area contributed by atoms with Gasteiger partial charge in [-0.05, 0) is 30.5 Å². The molecule has 6 rings (SSSR count). The molecule has 0 saturated heterocycles. The van der Waals surface area contributed by atoms with Crippen molar-refractivity contribution < 1.29 is 23.8 Å². The van der Waals surface area contributed by atoms with Gasteiger partial charge in [-0.15, -0.1) is 0 Å². The fraction of sp³-hybridized carbons (Fsp3) is 0.174. The Bertz CT molecular complexity index is 1840. The van der Waals surface area contributed by atoms with Gasteiger partial charge in [0.05, 0.1) is 6.61 Å². The maximum Gasteiger partial charge on any atom is 0.261 e. The van der Waals surface area contributed by atoms with Gasteiger partial charge in [-0.3, -0.25) is 9.59 Å². The SMILES string of the molecule is CCOC(OCC)(C(=O)c1ccccc1)c1ccccc1.O=C(c1ccccc1)C(OCC(c1ccccc1)c1ccccc1)c1ccccc1. The fourth-order valence-corrected chi connectivity index (χ4v) is 5.97. The van der Waals surface area contributed by atoms with Gasteiger partial charge in [0.25, 0.3) is 5.79 Å². The van der Waals surface area contributed by atoms with Gasteiger partial charge in [-0.25, -0.2) is 0 Å². The van der Waals surface area contributed by atoms with E-state index in [1.807, 2.05) is 159 Å². The van der Waals surface area contributed by atoms with Crippen molar-refractivity contribution in [3.8, 4) is 0 Å². The Morgan fingerprint density at radius 3 is 1.29 bits per heavy atom. The molecule has 0 aliphatic carbocycles. The predicted molar refractivity (Wildman–Crippen MR) is 203 cm³/mol. The van der Waals surface area contributed by atoms with E-state index in [1.165, 1.54) is 11.1 Å². The molecule has 5 heteroatoms. The van der Waals surface area contributed by atoms with Gasteiger partial charge in [-0.2, -0.15) is 0 Å². The van der Waals surface area contributed by atoms with Crippen LogP contribution in [0.1, 0.15) is 68.8 Å². The second kappa shape index (κ2) is 19.1. The molecule has 1 atom stereocenters. The van der Waals surface area contributed by atoms with Gasteiger partial charge in [0, 0.05) is 35.8 Å². The lowest BCUT2D eigenvalue weighted by atomic mass is 9.92. The summed E-state index contributed by atoms with van der Waals surface area (Å²) in [4.78, 5) is 26.3. The molecule has 0 aliphatic rings. The van der Waals surface area contributed by atoms with E-state index in [2.05, 4.69) is 24.3 Å². The lowest BCUT2D eigenvalue weighted by molar-refractivity contribution is -0.204. The van der Waals surface area contributed by atoms with Crippen LogP contribution in [0.15, 0.2) is 182 Å². The van der Waals surface area contributed by atoms with E-state index < -0.39 is 11.9 Å². The monoisotopic (exact) mass is 676 g/mol. The maximum atomic E-state index is 13.3. The normalized spacial score (nSPS) is 11.7. The van der Waals surface area contributed by atoms with Gasteiger partial charge in [0.2, 0.25) is 5.78 Å². The average molecular weight is 677 g/mol. The first-order valence-electron chi connectivity index (χ1n) is 17.4. The number of Topliss-reactive ketones (excluding diaryl/α,β-unsaturated/α-hetero) is 2. The van der Waals surface area contributed by atoms with Crippen LogP contribution in [0.3, 0.4) is 0 Å². The molecular weight excluding hydrogens is 633 g/mol. The van der Waals surface area contributed by atoms with Gasteiger partial charge < -0.3 is 14.2 Å². The van der Waals surface area contributed by atoms with E-state index in [0.717, 1.165) is 5.56 Å². The first-order valence-corrected chi connectivity index (χ1v) is 17.4. The van der Waals surface area contributed by atoms with Crippen molar-refractivity contribution in [3.63, 3.8) is 0 Å². The number of carbonyl (C=O) groups is 2. The third-order valence-electron chi connectivity index (χ3n) is 8.42. The maximum absolute atomic E-state index is 13.3. The van der Waals surface area contributed by atoms with Crippen LogP contribution in [0, 0.1) is 0 Å². The summed E-state index contributed by atoms with van der Waals surface area (Å²) in [5, 5.41) is 0. The third-order valence-corrected chi connectivity index (χ3v) is 8.42. The van der Waals surface area contributed by atoms with Crippen LogP contribution >= 0.6 is 0 Å². The highest BCUT2D eigenvalue weighted by atomic mass is 16.7. The number of ether oxygens (including phenoxy) is 3.